The summed E-state index contributed by atoms with van der Waals surface area (Å²) in [5.74, 6) is 0.920. The Morgan fingerprint density at radius 1 is 1.15 bits per heavy atom. The minimum Gasteiger partial charge on any atom is -0.495 e. The van der Waals surface area contributed by atoms with Crippen LogP contribution >= 0.6 is 23.2 Å². The maximum absolute atomic E-state index is 14.1. The lowest BCUT2D eigenvalue weighted by atomic mass is 10.0. The van der Waals surface area contributed by atoms with E-state index in [1.54, 1.807) is 44.0 Å². The Hall–Kier alpha value is -3.12. The van der Waals surface area contributed by atoms with Crippen LogP contribution in [-0.4, -0.2) is 82.6 Å². The Morgan fingerprint density at radius 3 is 2.34 bits per heavy atom. The van der Waals surface area contributed by atoms with Gasteiger partial charge in [0, 0.05) is 49.8 Å². The van der Waals surface area contributed by atoms with Gasteiger partial charge in [-0.2, -0.15) is 4.98 Å². The molecule has 13 heteroatoms. The van der Waals surface area contributed by atoms with Crippen LogP contribution in [-0.2, 0) is 16.1 Å². The van der Waals surface area contributed by atoms with E-state index in [0.717, 1.165) is 12.8 Å². The second-order valence-electron chi connectivity index (χ2n) is 10.5. The SMILES string of the molecule is COc1cc(OC)c(Cl)c(-c2cc3cnc(NCC(C)(C)O)nc3n(CCOC3CCN(C(C)=O)CC3)c2=O)c1Cl. The molecule has 1 aliphatic rings. The first-order chi connectivity index (χ1) is 19.4. The third-order valence-electron chi connectivity index (χ3n) is 6.90. The van der Waals surface area contributed by atoms with Crippen LogP contribution < -0.4 is 20.3 Å². The fourth-order valence-corrected chi connectivity index (χ4v) is 5.40. The number of aromatic nitrogens is 3. The van der Waals surface area contributed by atoms with Crippen molar-refractivity contribution in [2.45, 2.75) is 51.9 Å². The number of nitrogens with one attached hydrogen (secondary N) is 1. The maximum Gasteiger partial charge on any atom is 0.260 e. The summed E-state index contributed by atoms with van der Waals surface area (Å²) >= 11 is 13.3. The zero-order valence-electron chi connectivity index (χ0n) is 23.8. The normalized spacial score (nSPS) is 14.4. The van der Waals surface area contributed by atoms with Crippen molar-refractivity contribution in [2.24, 2.45) is 0 Å². The first kappa shape index (κ1) is 30.8. The van der Waals surface area contributed by atoms with Crippen molar-refractivity contribution in [3.8, 4) is 22.6 Å². The number of piperidine rings is 1. The molecule has 0 saturated carbocycles. The second-order valence-corrected chi connectivity index (χ2v) is 11.3. The molecule has 1 fully saturated rings. The lowest BCUT2D eigenvalue weighted by molar-refractivity contribution is -0.131. The van der Waals surface area contributed by atoms with Gasteiger partial charge >= 0.3 is 0 Å². The monoisotopic (exact) mass is 607 g/mol. The van der Waals surface area contributed by atoms with Crippen LogP contribution in [0.1, 0.15) is 33.6 Å². The average Bonchev–Trinajstić information content (AvgIpc) is 2.93. The molecule has 0 bridgehead atoms. The van der Waals surface area contributed by atoms with Crippen LogP contribution in [0.3, 0.4) is 0 Å². The molecule has 1 aromatic carbocycles. The minimum absolute atomic E-state index is 0.0269. The lowest BCUT2D eigenvalue weighted by Gasteiger charge is -2.31. The number of pyridine rings is 1. The van der Waals surface area contributed by atoms with Crippen molar-refractivity contribution in [1.29, 1.82) is 0 Å². The predicted octanol–water partition coefficient (Wildman–Crippen LogP) is 3.99. The van der Waals surface area contributed by atoms with E-state index >= 15 is 0 Å². The molecule has 11 nitrogen and oxygen atoms in total. The third kappa shape index (κ3) is 7.03. The molecule has 3 aromatic rings. The van der Waals surface area contributed by atoms with E-state index in [0.29, 0.717) is 35.6 Å². The number of hydrogen-bond acceptors (Lipinski definition) is 9. The topological polar surface area (TPSA) is 128 Å². The summed E-state index contributed by atoms with van der Waals surface area (Å²) in [5.41, 5.74) is -0.512. The van der Waals surface area contributed by atoms with Crippen LogP contribution in [0, 0.1) is 0 Å². The summed E-state index contributed by atoms with van der Waals surface area (Å²) in [7, 11) is 2.93. The van der Waals surface area contributed by atoms with Crippen molar-refractivity contribution in [3.05, 3.63) is 38.7 Å². The average molecular weight is 609 g/mol. The molecular weight excluding hydrogens is 573 g/mol. The molecule has 0 radical (unpaired) electrons. The third-order valence-corrected chi connectivity index (χ3v) is 7.66. The zero-order valence-corrected chi connectivity index (χ0v) is 25.3. The van der Waals surface area contributed by atoms with E-state index in [1.807, 2.05) is 0 Å². The Balaban J connectivity index is 1.75. The number of ether oxygens (including phenoxy) is 3. The number of anilines is 1. The van der Waals surface area contributed by atoms with E-state index in [9.17, 15) is 14.7 Å². The Labute approximate surface area is 248 Å². The predicted molar refractivity (Wildman–Crippen MR) is 158 cm³/mol. The van der Waals surface area contributed by atoms with E-state index < -0.39 is 11.2 Å². The number of amides is 1. The maximum atomic E-state index is 14.1. The number of carbonyl (C=O) groups is 1. The Bertz CT molecular complexity index is 1450. The van der Waals surface area contributed by atoms with Gasteiger partial charge in [0.2, 0.25) is 11.9 Å². The van der Waals surface area contributed by atoms with Gasteiger partial charge in [-0.05, 0) is 32.8 Å². The Kier molecular flexibility index (Phi) is 9.63. The van der Waals surface area contributed by atoms with Gasteiger partial charge in [-0.3, -0.25) is 14.2 Å². The number of aliphatic hydroxyl groups is 1. The van der Waals surface area contributed by atoms with Gasteiger partial charge < -0.3 is 29.5 Å². The second kappa shape index (κ2) is 12.8. The zero-order chi connectivity index (χ0) is 29.9. The fourth-order valence-electron chi connectivity index (χ4n) is 4.70. The highest BCUT2D eigenvalue weighted by atomic mass is 35.5. The lowest BCUT2D eigenvalue weighted by Crippen LogP contribution is -2.40. The standard InChI is InChI=1S/C28H35Cl2N5O6/c1-16(36)34-8-6-18(7-9-34)41-11-10-35-25-17(14-31-27(33-25)32-15-28(2,3)38)12-19(26(35)37)22-23(29)20(39-4)13-21(40-5)24(22)30/h12-14,18,38H,6-11,15H2,1-5H3,(H,31,32,33). The molecule has 2 N–H and O–H groups in total. The van der Waals surface area contributed by atoms with Gasteiger partial charge in [0.25, 0.3) is 5.56 Å². The van der Waals surface area contributed by atoms with Crippen LogP contribution in [0.5, 0.6) is 11.5 Å². The largest absolute Gasteiger partial charge is 0.495 e. The molecule has 0 aliphatic carbocycles. The van der Waals surface area contributed by atoms with E-state index in [4.69, 9.17) is 37.4 Å². The van der Waals surface area contributed by atoms with Crippen LogP contribution in [0.4, 0.5) is 5.95 Å². The molecule has 1 aliphatic heterocycles. The van der Waals surface area contributed by atoms with Gasteiger partial charge in [-0.15, -0.1) is 0 Å². The van der Waals surface area contributed by atoms with Gasteiger partial charge in [0.15, 0.2) is 0 Å². The first-order valence-corrected chi connectivity index (χ1v) is 14.0. The number of carbonyl (C=O) groups excluding carboxylic acids is 1. The Morgan fingerprint density at radius 2 is 1.78 bits per heavy atom. The van der Waals surface area contributed by atoms with Crippen LogP contribution in [0.25, 0.3) is 22.2 Å². The first-order valence-electron chi connectivity index (χ1n) is 13.3. The molecular formula is C28H35Cl2N5O6. The molecule has 3 heterocycles. The molecule has 2 aromatic heterocycles. The summed E-state index contributed by atoms with van der Waals surface area (Å²) in [6, 6.07) is 3.20. The van der Waals surface area contributed by atoms with E-state index in [-0.39, 0.29) is 58.8 Å². The van der Waals surface area contributed by atoms with Crippen LogP contribution in [0.2, 0.25) is 10.0 Å². The van der Waals surface area contributed by atoms with Gasteiger partial charge in [0.1, 0.15) is 17.1 Å². The van der Waals surface area contributed by atoms with Gasteiger partial charge in [0.05, 0.1) is 54.7 Å². The summed E-state index contributed by atoms with van der Waals surface area (Å²) in [6.45, 7) is 6.80. The van der Waals surface area contributed by atoms with E-state index in [2.05, 4.69) is 15.3 Å². The molecule has 4 rings (SSSR count). The van der Waals surface area contributed by atoms with Crippen LogP contribution in [0.15, 0.2) is 23.1 Å². The highest BCUT2D eigenvalue weighted by molar-refractivity contribution is 6.41. The number of halogens is 2. The summed E-state index contributed by atoms with van der Waals surface area (Å²) < 4.78 is 18.4. The summed E-state index contributed by atoms with van der Waals surface area (Å²) in [6.07, 6.45) is 3.00. The van der Waals surface area contributed by atoms with Gasteiger partial charge in [-0.25, -0.2) is 4.98 Å². The van der Waals surface area contributed by atoms with Gasteiger partial charge in [-0.1, -0.05) is 23.2 Å². The molecule has 0 spiro atoms. The number of methoxy groups -OCH3 is 2. The number of benzene rings is 1. The number of rotatable bonds is 10. The van der Waals surface area contributed by atoms with Crippen molar-refractivity contribution in [2.75, 3.05) is 45.8 Å². The quantitative estimate of drug-likeness (QED) is 0.351. The number of likely N-dealkylation sites (tertiary alicyclic amines) is 1. The molecule has 1 amide bonds. The minimum atomic E-state index is -0.993. The fraction of sp³-hybridized carbons (Fsp3) is 0.500. The molecule has 0 unspecified atom stereocenters. The number of nitrogens with zero attached hydrogens (tertiary/aromatic N) is 4. The highest BCUT2D eigenvalue weighted by Gasteiger charge is 2.25. The molecule has 0 atom stereocenters. The molecule has 1 saturated heterocycles. The van der Waals surface area contributed by atoms with Crippen molar-refractivity contribution < 1.29 is 24.1 Å². The smallest absolute Gasteiger partial charge is 0.260 e. The summed E-state index contributed by atoms with van der Waals surface area (Å²) in [4.78, 5) is 36.5. The van der Waals surface area contributed by atoms with E-state index in [1.165, 1.54) is 18.8 Å². The van der Waals surface area contributed by atoms with Crippen molar-refractivity contribution >= 4 is 46.1 Å². The molecule has 222 valence electrons. The molecule has 41 heavy (non-hydrogen) atoms. The number of fused-ring (bicyclic) bond motifs is 1. The van der Waals surface area contributed by atoms with Crippen molar-refractivity contribution in [3.63, 3.8) is 0 Å². The highest BCUT2D eigenvalue weighted by Crippen LogP contribution is 2.45. The number of hydrogen-bond donors (Lipinski definition) is 2. The summed E-state index contributed by atoms with van der Waals surface area (Å²) in [5, 5.41) is 14.0. The van der Waals surface area contributed by atoms with Crippen molar-refractivity contribution in [1.82, 2.24) is 19.4 Å².